The van der Waals surface area contributed by atoms with Crippen LogP contribution >= 0.6 is 0 Å². The highest BCUT2D eigenvalue weighted by atomic mass is 16.4. The molecule has 0 aliphatic heterocycles. The van der Waals surface area contributed by atoms with E-state index in [1.54, 1.807) is 6.07 Å². The van der Waals surface area contributed by atoms with Gasteiger partial charge in [-0.25, -0.2) is 9.78 Å². The van der Waals surface area contributed by atoms with Crippen LogP contribution in [-0.2, 0) is 4.79 Å². The average molecular weight is 473 g/mol. The fourth-order valence-electron chi connectivity index (χ4n) is 3.68. The van der Waals surface area contributed by atoms with Crippen molar-refractivity contribution in [3.8, 4) is 22.6 Å². The standard InChI is InChI=1S/C27H28N4O4/c1-2-14-28-22-12-11-20(30-27(34)29-15-6-9-25(32)33)17-21(22)26-31-23-16-19(10-13-24(23)35-26)18-7-4-3-5-8-18/h3-5,7-8,10-13,16-17,28H,2,6,9,14-15H2,1H3,(H,32,33)(H2,29,30,34). The van der Waals surface area contributed by atoms with Crippen molar-refractivity contribution in [1.29, 1.82) is 0 Å². The number of nitrogens with one attached hydrogen (secondary N) is 3. The predicted molar refractivity (Wildman–Crippen MR) is 138 cm³/mol. The molecule has 0 aliphatic carbocycles. The van der Waals surface area contributed by atoms with E-state index in [1.165, 1.54) is 0 Å². The van der Waals surface area contributed by atoms with Gasteiger partial charge in [-0.2, -0.15) is 0 Å². The summed E-state index contributed by atoms with van der Waals surface area (Å²) >= 11 is 0. The summed E-state index contributed by atoms with van der Waals surface area (Å²) in [5.41, 5.74) is 5.74. The molecule has 1 aromatic heterocycles. The smallest absolute Gasteiger partial charge is 0.319 e. The molecule has 8 heteroatoms. The van der Waals surface area contributed by atoms with Crippen molar-refractivity contribution in [3.63, 3.8) is 0 Å². The van der Waals surface area contributed by atoms with Crippen LogP contribution in [0.25, 0.3) is 33.7 Å². The summed E-state index contributed by atoms with van der Waals surface area (Å²) in [4.78, 5) is 27.6. The largest absolute Gasteiger partial charge is 0.481 e. The second-order valence-corrected chi connectivity index (χ2v) is 8.13. The van der Waals surface area contributed by atoms with Crippen molar-refractivity contribution in [2.45, 2.75) is 26.2 Å². The summed E-state index contributed by atoms with van der Waals surface area (Å²) in [5.74, 6) is -0.435. The summed E-state index contributed by atoms with van der Waals surface area (Å²) in [7, 11) is 0. The Labute approximate surface area is 203 Å². The molecule has 0 bridgehead atoms. The van der Waals surface area contributed by atoms with Gasteiger partial charge < -0.3 is 25.5 Å². The van der Waals surface area contributed by atoms with E-state index in [-0.39, 0.29) is 13.0 Å². The molecule has 4 rings (SSSR count). The predicted octanol–water partition coefficient (Wildman–Crippen LogP) is 5.97. The fraction of sp³-hybridized carbons (Fsp3) is 0.222. The van der Waals surface area contributed by atoms with Crippen molar-refractivity contribution in [2.24, 2.45) is 0 Å². The van der Waals surface area contributed by atoms with Crippen molar-refractivity contribution in [3.05, 3.63) is 66.7 Å². The number of benzene rings is 3. The fourth-order valence-corrected chi connectivity index (χ4v) is 3.68. The zero-order valence-corrected chi connectivity index (χ0v) is 19.5. The maximum atomic E-state index is 12.3. The lowest BCUT2D eigenvalue weighted by Gasteiger charge is -2.12. The molecule has 180 valence electrons. The molecule has 35 heavy (non-hydrogen) atoms. The molecule has 0 fully saturated rings. The van der Waals surface area contributed by atoms with Crippen molar-refractivity contribution in [1.82, 2.24) is 10.3 Å². The zero-order chi connectivity index (χ0) is 24.6. The van der Waals surface area contributed by atoms with Crippen LogP contribution in [0.3, 0.4) is 0 Å². The maximum Gasteiger partial charge on any atom is 0.319 e. The van der Waals surface area contributed by atoms with Gasteiger partial charge in [-0.05, 0) is 54.3 Å². The normalized spacial score (nSPS) is 10.8. The lowest BCUT2D eigenvalue weighted by Crippen LogP contribution is -2.29. The summed E-state index contributed by atoms with van der Waals surface area (Å²) in [6.45, 7) is 3.14. The van der Waals surface area contributed by atoms with Gasteiger partial charge in [0, 0.05) is 30.9 Å². The number of carbonyl (C=O) groups is 2. The molecule has 0 unspecified atom stereocenters. The van der Waals surface area contributed by atoms with Gasteiger partial charge in [0.25, 0.3) is 0 Å². The summed E-state index contributed by atoms with van der Waals surface area (Å²) < 4.78 is 6.09. The molecule has 2 amide bonds. The Morgan fingerprint density at radius 2 is 1.80 bits per heavy atom. The number of hydrogen-bond donors (Lipinski definition) is 4. The first-order chi connectivity index (χ1) is 17.0. The number of aromatic nitrogens is 1. The third-order valence-corrected chi connectivity index (χ3v) is 5.42. The van der Waals surface area contributed by atoms with E-state index in [0.717, 1.165) is 40.9 Å². The monoisotopic (exact) mass is 472 g/mol. The third kappa shape index (κ3) is 6.17. The number of carbonyl (C=O) groups excluding carboxylic acids is 1. The minimum atomic E-state index is -0.888. The second kappa shape index (κ2) is 11.2. The number of rotatable bonds is 10. The first-order valence-electron chi connectivity index (χ1n) is 11.6. The molecule has 0 saturated heterocycles. The number of hydrogen-bond acceptors (Lipinski definition) is 5. The third-order valence-electron chi connectivity index (χ3n) is 5.42. The van der Waals surface area contributed by atoms with Gasteiger partial charge in [-0.3, -0.25) is 4.79 Å². The number of carboxylic acid groups (broad SMARTS) is 1. The number of carboxylic acids is 1. The minimum absolute atomic E-state index is 0.00589. The molecule has 8 nitrogen and oxygen atoms in total. The van der Waals surface area contributed by atoms with Crippen molar-refractivity contribution >= 4 is 34.5 Å². The van der Waals surface area contributed by atoms with Crippen molar-refractivity contribution in [2.75, 3.05) is 23.7 Å². The van der Waals surface area contributed by atoms with E-state index in [4.69, 9.17) is 14.5 Å². The van der Waals surface area contributed by atoms with Crippen LogP contribution in [0.2, 0.25) is 0 Å². The number of anilines is 2. The van der Waals surface area contributed by atoms with Crippen LogP contribution in [0.15, 0.2) is 71.1 Å². The highest BCUT2D eigenvalue weighted by molar-refractivity contribution is 5.92. The second-order valence-electron chi connectivity index (χ2n) is 8.13. The van der Waals surface area contributed by atoms with Gasteiger partial charge in [0.2, 0.25) is 5.89 Å². The van der Waals surface area contributed by atoms with Crippen LogP contribution < -0.4 is 16.0 Å². The Hall–Kier alpha value is -4.33. The van der Waals surface area contributed by atoms with Gasteiger partial charge in [-0.1, -0.05) is 43.3 Å². The van der Waals surface area contributed by atoms with E-state index >= 15 is 0 Å². The van der Waals surface area contributed by atoms with Crippen LogP contribution in [-0.4, -0.2) is 35.2 Å². The van der Waals surface area contributed by atoms with Gasteiger partial charge >= 0.3 is 12.0 Å². The van der Waals surface area contributed by atoms with Crippen LogP contribution in [0, 0.1) is 0 Å². The number of nitrogens with zero attached hydrogens (tertiary/aromatic N) is 1. The van der Waals surface area contributed by atoms with Crippen LogP contribution in [0.4, 0.5) is 16.2 Å². The molecule has 0 atom stereocenters. The summed E-state index contributed by atoms with van der Waals surface area (Å²) in [6.07, 6.45) is 1.32. The molecule has 0 aliphatic rings. The number of urea groups is 1. The molecule has 0 saturated carbocycles. The SMILES string of the molecule is CCCNc1ccc(NC(=O)NCCCC(=O)O)cc1-c1nc2cc(-c3ccccc3)ccc2o1. The molecule has 1 heterocycles. The Morgan fingerprint density at radius 3 is 2.57 bits per heavy atom. The number of oxazole rings is 1. The lowest BCUT2D eigenvalue weighted by molar-refractivity contribution is -0.137. The van der Waals surface area contributed by atoms with Gasteiger partial charge in [-0.15, -0.1) is 0 Å². The van der Waals surface area contributed by atoms with E-state index in [2.05, 4.69) is 35.0 Å². The molecular weight excluding hydrogens is 444 g/mol. The molecule has 4 N–H and O–H groups in total. The summed E-state index contributed by atoms with van der Waals surface area (Å²) in [6, 6.07) is 21.1. The van der Waals surface area contributed by atoms with E-state index in [1.807, 2.05) is 48.5 Å². The van der Waals surface area contributed by atoms with Crippen LogP contribution in [0.5, 0.6) is 0 Å². The van der Waals surface area contributed by atoms with Gasteiger partial charge in [0.1, 0.15) is 5.52 Å². The zero-order valence-electron chi connectivity index (χ0n) is 19.5. The number of amides is 2. The van der Waals surface area contributed by atoms with Gasteiger partial charge in [0.05, 0.1) is 5.56 Å². The summed E-state index contributed by atoms with van der Waals surface area (Å²) in [5, 5.41) is 17.6. The molecule has 3 aromatic carbocycles. The molecule has 0 radical (unpaired) electrons. The quantitative estimate of drug-likeness (QED) is 0.211. The number of aliphatic carboxylic acids is 1. The number of fused-ring (bicyclic) bond motifs is 1. The van der Waals surface area contributed by atoms with E-state index in [9.17, 15) is 9.59 Å². The highest BCUT2D eigenvalue weighted by Crippen LogP contribution is 2.34. The maximum absolute atomic E-state index is 12.3. The topological polar surface area (TPSA) is 116 Å². The first-order valence-corrected chi connectivity index (χ1v) is 11.6. The molecule has 4 aromatic rings. The Morgan fingerprint density at radius 1 is 0.971 bits per heavy atom. The Balaban J connectivity index is 1.58. The van der Waals surface area contributed by atoms with E-state index in [0.29, 0.717) is 23.6 Å². The van der Waals surface area contributed by atoms with Crippen LogP contribution in [0.1, 0.15) is 26.2 Å². The lowest BCUT2D eigenvalue weighted by atomic mass is 10.1. The van der Waals surface area contributed by atoms with Gasteiger partial charge in [0.15, 0.2) is 5.58 Å². The average Bonchev–Trinajstić information content (AvgIpc) is 3.29. The van der Waals surface area contributed by atoms with E-state index < -0.39 is 12.0 Å². The minimum Gasteiger partial charge on any atom is -0.481 e. The highest BCUT2D eigenvalue weighted by Gasteiger charge is 2.15. The Bertz CT molecular complexity index is 1320. The van der Waals surface area contributed by atoms with Crippen molar-refractivity contribution < 1.29 is 19.1 Å². The molecule has 0 spiro atoms. The molecular formula is C27H28N4O4. The Kier molecular flexibility index (Phi) is 7.62. The first kappa shape index (κ1) is 23.8.